The van der Waals surface area contributed by atoms with Crippen LogP contribution in [0.4, 0.5) is 20.2 Å². The van der Waals surface area contributed by atoms with E-state index in [4.69, 9.17) is 5.26 Å². The molecule has 0 spiro atoms. The summed E-state index contributed by atoms with van der Waals surface area (Å²) < 4.78 is 26.6. The van der Waals surface area contributed by atoms with Gasteiger partial charge in [0.25, 0.3) is 6.43 Å². The minimum atomic E-state index is -2.71. The Morgan fingerprint density at radius 3 is 2.57 bits per heavy atom. The number of hydrogen-bond acceptors (Lipinski definition) is 3. The lowest BCUT2D eigenvalue weighted by molar-refractivity contribution is 0.0698. The Morgan fingerprint density at radius 2 is 1.96 bits per heavy atom. The van der Waals surface area contributed by atoms with Gasteiger partial charge in [0.05, 0.1) is 23.7 Å². The Balaban J connectivity index is 2.48. The number of halogens is 2. The van der Waals surface area contributed by atoms with Crippen molar-refractivity contribution < 1.29 is 18.7 Å². The maximum atomic E-state index is 13.3. The number of anilines is 2. The van der Waals surface area contributed by atoms with Crippen molar-refractivity contribution in [2.75, 3.05) is 5.32 Å². The van der Waals surface area contributed by atoms with Crippen molar-refractivity contribution in [1.29, 1.82) is 5.26 Å². The van der Waals surface area contributed by atoms with Gasteiger partial charge >= 0.3 is 5.97 Å². The van der Waals surface area contributed by atoms with Gasteiger partial charge in [-0.3, -0.25) is 0 Å². The maximum Gasteiger partial charge on any atom is 0.337 e. The topological polar surface area (TPSA) is 73.1 Å². The lowest BCUT2D eigenvalue weighted by Gasteiger charge is -2.17. The lowest BCUT2D eigenvalue weighted by atomic mass is 9.98. The highest BCUT2D eigenvalue weighted by molar-refractivity contribution is 5.95. The van der Waals surface area contributed by atoms with Crippen molar-refractivity contribution in [3.63, 3.8) is 0 Å². The molecule has 2 aromatic carbocycles. The molecule has 0 bridgehead atoms. The van der Waals surface area contributed by atoms with Crippen LogP contribution in [0.5, 0.6) is 0 Å². The molecule has 0 saturated heterocycles. The van der Waals surface area contributed by atoms with Gasteiger partial charge in [-0.1, -0.05) is 18.2 Å². The average molecular weight is 316 g/mol. The number of nitrogens with one attached hydrogen (secondary N) is 1. The molecule has 2 aromatic rings. The van der Waals surface area contributed by atoms with Gasteiger partial charge in [0.15, 0.2) is 0 Å². The molecule has 118 valence electrons. The summed E-state index contributed by atoms with van der Waals surface area (Å²) in [5.74, 6) is -1.11. The SMILES string of the molecule is Cc1c(Nc2ccccc2C(=O)O)ccc(CC#N)c1C(F)F. The van der Waals surface area contributed by atoms with E-state index in [1.165, 1.54) is 19.1 Å². The predicted octanol–water partition coefficient (Wildman–Crippen LogP) is 4.44. The molecule has 4 nitrogen and oxygen atoms in total. The molecule has 23 heavy (non-hydrogen) atoms. The normalized spacial score (nSPS) is 10.4. The van der Waals surface area contributed by atoms with Crippen molar-refractivity contribution in [2.24, 2.45) is 0 Å². The number of carboxylic acids is 1. The number of nitriles is 1. The van der Waals surface area contributed by atoms with E-state index in [9.17, 15) is 18.7 Å². The summed E-state index contributed by atoms with van der Waals surface area (Å²) in [5, 5.41) is 20.8. The van der Waals surface area contributed by atoms with E-state index in [2.05, 4.69) is 5.32 Å². The Bertz CT molecular complexity index is 783. The van der Waals surface area contributed by atoms with Gasteiger partial charge in [0, 0.05) is 11.3 Å². The van der Waals surface area contributed by atoms with E-state index in [1.807, 2.05) is 6.07 Å². The van der Waals surface area contributed by atoms with Gasteiger partial charge in [-0.05, 0) is 36.2 Å². The van der Waals surface area contributed by atoms with E-state index >= 15 is 0 Å². The molecule has 2 rings (SSSR count). The molecule has 0 aliphatic rings. The number of rotatable bonds is 5. The number of hydrogen-bond donors (Lipinski definition) is 2. The highest BCUT2D eigenvalue weighted by Crippen LogP contribution is 2.33. The molecule has 0 radical (unpaired) electrons. The third-order valence-corrected chi connectivity index (χ3v) is 3.52. The van der Waals surface area contributed by atoms with Crippen LogP contribution in [-0.4, -0.2) is 11.1 Å². The van der Waals surface area contributed by atoms with Gasteiger partial charge < -0.3 is 10.4 Å². The third kappa shape index (κ3) is 3.46. The number of aromatic carboxylic acids is 1. The Morgan fingerprint density at radius 1 is 1.26 bits per heavy atom. The molecule has 0 fully saturated rings. The van der Waals surface area contributed by atoms with Gasteiger partial charge in [0.2, 0.25) is 0 Å². The zero-order valence-electron chi connectivity index (χ0n) is 12.3. The fourth-order valence-electron chi connectivity index (χ4n) is 2.39. The van der Waals surface area contributed by atoms with Crippen molar-refractivity contribution >= 4 is 17.3 Å². The Labute approximate surface area is 132 Å². The van der Waals surface area contributed by atoms with Crippen molar-refractivity contribution in [3.8, 4) is 6.07 Å². The number of alkyl halides is 2. The summed E-state index contributed by atoms with van der Waals surface area (Å²) in [4.78, 5) is 11.2. The molecule has 0 unspecified atom stereocenters. The molecule has 0 amide bonds. The van der Waals surface area contributed by atoms with Crippen LogP contribution in [0.3, 0.4) is 0 Å². The second-order valence-electron chi connectivity index (χ2n) is 4.92. The summed E-state index contributed by atoms with van der Waals surface area (Å²) in [6.07, 6.45) is -2.82. The molecule has 0 aromatic heterocycles. The van der Waals surface area contributed by atoms with Gasteiger partial charge in [-0.2, -0.15) is 5.26 Å². The standard InChI is InChI=1S/C17H14F2N2O2/c1-10-13(7-6-11(8-9-20)15(10)16(18)19)21-14-5-3-2-4-12(14)17(22)23/h2-7,16,21H,8H2,1H3,(H,22,23). The number of carbonyl (C=O) groups is 1. The predicted molar refractivity (Wildman–Crippen MR) is 82.1 cm³/mol. The van der Waals surface area contributed by atoms with E-state index in [1.54, 1.807) is 24.3 Å². The zero-order valence-corrected chi connectivity index (χ0v) is 12.3. The van der Waals surface area contributed by atoms with Crippen LogP contribution in [-0.2, 0) is 6.42 Å². The van der Waals surface area contributed by atoms with Crippen LogP contribution in [0, 0.1) is 18.3 Å². The summed E-state index contributed by atoms with van der Waals surface area (Å²) >= 11 is 0. The fourth-order valence-corrected chi connectivity index (χ4v) is 2.39. The van der Waals surface area contributed by atoms with E-state index < -0.39 is 12.4 Å². The number of nitrogens with zero attached hydrogens (tertiary/aromatic N) is 1. The molecule has 2 N–H and O–H groups in total. The van der Waals surface area contributed by atoms with E-state index in [0.29, 0.717) is 16.9 Å². The summed E-state index contributed by atoms with van der Waals surface area (Å²) in [5.41, 5.74) is 1.13. The van der Waals surface area contributed by atoms with Crippen LogP contribution >= 0.6 is 0 Å². The van der Waals surface area contributed by atoms with E-state index in [0.717, 1.165) is 0 Å². The first-order valence-electron chi connectivity index (χ1n) is 6.82. The quantitative estimate of drug-likeness (QED) is 0.855. The first-order chi connectivity index (χ1) is 11.0. The summed E-state index contributed by atoms with van der Waals surface area (Å²) in [6, 6.07) is 11.1. The average Bonchev–Trinajstić information content (AvgIpc) is 2.50. The largest absolute Gasteiger partial charge is 0.478 e. The second-order valence-corrected chi connectivity index (χ2v) is 4.92. The number of para-hydroxylation sites is 1. The smallest absolute Gasteiger partial charge is 0.337 e. The van der Waals surface area contributed by atoms with Crippen LogP contribution < -0.4 is 5.32 Å². The molecule has 0 heterocycles. The van der Waals surface area contributed by atoms with Crippen LogP contribution in [0.1, 0.15) is 33.5 Å². The van der Waals surface area contributed by atoms with Crippen molar-refractivity contribution in [2.45, 2.75) is 19.8 Å². The van der Waals surface area contributed by atoms with Gasteiger partial charge in [-0.15, -0.1) is 0 Å². The first kappa shape index (κ1) is 16.4. The molecule has 0 aliphatic heterocycles. The fraction of sp³-hybridized carbons (Fsp3) is 0.176. The zero-order chi connectivity index (χ0) is 17.0. The third-order valence-electron chi connectivity index (χ3n) is 3.52. The molecule has 0 saturated carbocycles. The minimum absolute atomic E-state index is 0.0478. The summed E-state index contributed by atoms with van der Waals surface area (Å²) in [7, 11) is 0. The van der Waals surface area contributed by atoms with Gasteiger partial charge in [0.1, 0.15) is 0 Å². The summed E-state index contributed by atoms with van der Waals surface area (Å²) in [6.45, 7) is 1.52. The lowest BCUT2D eigenvalue weighted by Crippen LogP contribution is -2.05. The number of carboxylic acid groups (broad SMARTS) is 1. The minimum Gasteiger partial charge on any atom is -0.478 e. The Hall–Kier alpha value is -2.94. The maximum absolute atomic E-state index is 13.3. The number of benzene rings is 2. The van der Waals surface area contributed by atoms with E-state index in [-0.39, 0.29) is 23.1 Å². The monoisotopic (exact) mass is 316 g/mol. The molecule has 6 heteroatoms. The first-order valence-corrected chi connectivity index (χ1v) is 6.82. The molecular formula is C17H14F2N2O2. The van der Waals surface area contributed by atoms with Crippen molar-refractivity contribution in [3.05, 3.63) is 58.7 Å². The second kappa shape index (κ2) is 6.88. The highest BCUT2D eigenvalue weighted by atomic mass is 19.3. The molecule has 0 aliphatic carbocycles. The van der Waals surface area contributed by atoms with Crippen LogP contribution in [0.25, 0.3) is 0 Å². The molecular weight excluding hydrogens is 302 g/mol. The van der Waals surface area contributed by atoms with Crippen LogP contribution in [0.2, 0.25) is 0 Å². The molecule has 0 atom stereocenters. The van der Waals surface area contributed by atoms with Gasteiger partial charge in [-0.25, -0.2) is 13.6 Å². The Kier molecular flexibility index (Phi) is 4.91. The van der Waals surface area contributed by atoms with Crippen LogP contribution in [0.15, 0.2) is 36.4 Å². The van der Waals surface area contributed by atoms with Crippen molar-refractivity contribution in [1.82, 2.24) is 0 Å². The highest BCUT2D eigenvalue weighted by Gasteiger charge is 2.19.